The van der Waals surface area contributed by atoms with Crippen LogP contribution in [0.1, 0.15) is 27.1 Å². The zero-order chi connectivity index (χ0) is 23.5. The van der Waals surface area contributed by atoms with E-state index in [9.17, 15) is 31.1 Å². The number of carbonyl (C=O) groups is 1. The normalized spacial score (nSPS) is 12.3. The number of rotatable bonds is 5. The Kier molecular flexibility index (Phi) is 6.94. The highest BCUT2D eigenvalue weighted by Gasteiger charge is 2.31. The van der Waals surface area contributed by atoms with Crippen LogP contribution in [0.25, 0.3) is 6.08 Å². The largest absolute Gasteiger partial charge is 0.416 e. The molecule has 32 heavy (non-hydrogen) atoms. The van der Waals surface area contributed by atoms with E-state index < -0.39 is 29.4 Å². The van der Waals surface area contributed by atoms with E-state index in [0.717, 1.165) is 53.8 Å². The molecule has 3 rings (SSSR count). The van der Waals surface area contributed by atoms with Crippen molar-refractivity contribution in [3.63, 3.8) is 0 Å². The van der Waals surface area contributed by atoms with Gasteiger partial charge in [-0.25, -0.2) is 4.98 Å². The van der Waals surface area contributed by atoms with Gasteiger partial charge in [-0.2, -0.15) is 26.3 Å². The molecule has 3 aromatic rings. The van der Waals surface area contributed by atoms with Crippen molar-refractivity contribution < 1.29 is 31.1 Å². The molecule has 0 bridgehead atoms. The molecule has 1 aromatic heterocycles. The lowest BCUT2D eigenvalue weighted by atomic mass is 10.1. The summed E-state index contributed by atoms with van der Waals surface area (Å²) in [5, 5.41) is 2.69. The third kappa shape index (κ3) is 6.33. The van der Waals surface area contributed by atoms with Crippen molar-refractivity contribution in [2.24, 2.45) is 0 Å². The fourth-order valence-electron chi connectivity index (χ4n) is 2.67. The third-order valence-electron chi connectivity index (χ3n) is 4.15. The lowest BCUT2D eigenvalue weighted by Crippen LogP contribution is -2.07. The summed E-state index contributed by atoms with van der Waals surface area (Å²) in [6.45, 7) is 0. The Hall–Kier alpha value is -2.85. The first-order valence-electron chi connectivity index (χ1n) is 8.88. The Morgan fingerprint density at radius 3 is 2.41 bits per heavy atom. The van der Waals surface area contributed by atoms with Gasteiger partial charge in [0, 0.05) is 28.6 Å². The number of nitrogens with one attached hydrogen (secondary N) is 1. The number of anilines is 1. The van der Waals surface area contributed by atoms with E-state index in [1.807, 2.05) is 0 Å². The summed E-state index contributed by atoms with van der Waals surface area (Å²) in [6, 6.07) is 7.62. The molecule has 168 valence electrons. The molecule has 1 amide bonds. The molecule has 0 spiro atoms. The smallest absolute Gasteiger partial charge is 0.298 e. The van der Waals surface area contributed by atoms with Crippen LogP contribution in [0.5, 0.6) is 0 Å². The van der Waals surface area contributed by atoms with Gasteiger partial charge in [-0.05, 0) is 41.5 Å². The summed E-state index contributed by atoms with van der Waals surface area (Å²) in [6.07, 6.45) is -5.23. The zero-order valence-electron chi connectivity index (χ0n) is 15.9. The second kappa shape index (κ2) is 9.33. The summed E-state index contributed by atoms with van der Waals surface area (Å²) < 4.78 is 76.9. The summed E-state index contributed by atoms with van der Waals surface area (Å²) in [5.41, 5.74) is -1.21. The highest BCUT2D eigenvalue weighted by atomic mass is 35.5. The van der Waals surface area contributed by atoms with Crippen molar-refractivity contribution in [1.29, 1.82) is 0 Å². The average molecular weight is 491 g/mol. The van der Waals surface area contributed by atoms with Gasteiger partial charge in [0.15, 0.2) is 5.13 Å². The van der Waals surface area contributed by atoms with E-state index in [0.29, 0.717) is 10.4 Å². The van der Waals surface area contributed by atoms with Gasteiger partial charge in [0.1, 0.15) is 0 Å². The van der Waals surface area contributed by atoms with E-state index in [1.165, 1.54) is 12.3 Å². The lowest BCUT2D eigenvalue weighted by Gasteiger charge is -2.08. The summed E-state index contributed by atoms with van der Waals surface area (Å²) in [4.78, 5) is 16.7. The van der Waals surface area contributed by atoms with Crippen molar-refractivity contribution >= 4 is 40.1 Å². The minimum atomic E-state index is -4.55. The Bertz CT molecular complexity index is 1150. The predicted molar refractivity (Wildman–Crippen MR) is 110 cm³/mol. The van der Waals surface area contributed by atoms with E-state index in [1.54, 1.807) is 6.07 Å². The average Bonchev–Trinajstić information content (AvgIpc) is 3.12. The maximum Gasteiger partial charge on any atom is 0.416 e. The van der Waals surface area contributed by atoms with Crippen molar-refractivity contribution in [3.05, 3.63) is 86.9 Å². The van der Waals surface area contributed by atoms with Crippen LogP contribution < -0.4 is 5.32 Å². The van der Waals surface area contributed by atoms with E-state index in [-0.39, 0.29) is 22.1 Å². The first-order chi connectivity index (χ1) is 14.9. The third-order valence-corrected chi connectivity index (χ3v) is 5.41. The predicted octanol–water partition coefficient (Wildman–Crippen LogP) is 7.08. The van der Waals surface area contributed by atoms with Gasteiger partial charge >= 0.3 is 12.4 Å². The molecule has 0 unspecified atom stereocenters. The summed E-state index contributed by atoms with van der Waals surface area (Å²) in [7, 11) is 0. The topological polar surface area (TPSA) is 42.0 Å². The van der Waals surface area contributed by atoms with Crippen molar-refractivity contribution in [2.75, 3.05) is 5.32 Å². The lowest BCUT2D eigenvalue weighted by molar-refractivity contribution is -0.138. The van der Waals surface area contributed by atoms with Crippen molar-refractivity contribution in [1.82, 2.24) is 4.98 Å². The minimum absolute atomic E-state index is 0.0148. The number of hydrogen-bond acceptors (Lipinski definition) is 3. The van der Waals surface area contributed by atoms with Crippen LogP contribution in [-0.2, 0) is 23.6 Å². The fourth-order valence-corrected chi connectivity index (χ4v) is 3.70. The molecule has 0 atom stereocenters. The van der Waals surface area contributed by atoms with Gasteiger partial charge in [0.25, 0.3) is 0 Å². The van der Waals surface area contributed by atoms with Crippen LogP contribution in [0, 0.1) is 0 Å². The molecule has 3 nitrogen and oxygen atoms in total. The molecule has 11 heteroatoms. The van der Waals surface area contributed by atoms with Gasteiger partial charge in [-0.15, -0.1) is 11.3 Å². The molecule has 2 aromatic carbocycles. The molecule has 0 fully saturated rings. The zero-order valence-corrected chi connectivity index (χ0v) is 17.5. The van der Waals surface area contributed by atoms with Crippen LogP contribution >= 0.6 is 22.9 Å². The van der Waals surface area contributed by atoms with Crippen molar-refractivity contribution in [2.45, 2.75) is 18.8 Å². The molecular weight excluding hydrogens is 478 g/mol. The number of amides is 1. The quantitative estimate of drug-likeness (QED) is 0.307. The van der Waals surface area contributed by atoms with Gasteiger partial charge in [-0.1, -0.05) is 29.8 Å². The van der Waals surface area contributed by atoms with Crippen LogP contribution in [-0.4, -0.2) is 10.9 Å². The van der Waals surface area contributed by atoms with E-state index >= 15 is 0 Å². The number of carbonyl (C=O) groups excluding carboxylic acids is 1. The number of alkyl halides is 6. The Morgan fingerprint density at radius 2 is 1.72 bits per heavy atom. The molecule has 0 aliphatic carbocycles. The molecule has 0 saturated heterocycles. The monoisotopic (exact) mass is 490 g/mol. The standard InChI is InChI=1S/C21H13ClF6N2OS/c22-17-6-5-15(21(26,27)28)10-13(17)4-7-18(31)30-19-29-11-16(32-19)9-12-2-1-3-14(8-12)20(23,24)25/h1-8,10-11H,9H2,(H,29,30,31)/b7-4+. The molecule has 0 aliphatic heterocycles. The SMILES string of the molecule is O=C(/C=C/c1cc(C(F)(F)F)ccc1Cl)Nc1ncc(Cc2cccc(C(F)(F)F)c2)s1. The number of hydrogen-bond donors (Lipinski definition) is 1. The summed E-state index contributed by atoms with van der Waals surface area (Å²) >= 11 is 6.95. The minimum Gasteiger partial charge on any atom is -0.298 e. The maximum absolute atomic E-state index is 12.8. The van der Waals surface area contributed by atoms with Crippen LogP contribution in [0.4, 0.5) is 31.5 Å². The molecular formula is C21H13ClF6N2OS. The number of benzene rings is 2. The number of thiazole rings is 1. The van der Waals surface area contributed by atoms with E-state index in [4.69, 9.17) is 11.6 Å². The first kappa shape index (κ1) is 23.8. The molecule has 1 N–H and O–H groups in total. The Labute approximate surface area is 187 Å². The van der Waals surface area contributed by atoms with Crippen LogP contribution in [0.2, 0.25) is 5.02 Å². The van der Waals surface area contributed by atoms with Gasteiger partial charge in [0.2, 0.25) is 5.91 Å². The molecule has 1 heterocycles. The van der Waals surface area contributed by atoms with Crippen LogP contribution in [0.3, 0.4) is 0 Å². The second-order valence-electron chi connectivity index (χ2n) is 6.56. The molecule has 0 saturated carbocycles. The second-order valence-corrected chi connectivity index (χ2v) is 8.09. The number of nitrogens with zero attached hydrogens (tertiary/aromatic N) is 1. The fraction of sp³-hybridized carbons (Fsp3) is 0.143. The highest BCUT2D eigenvalue weighted by Crippen LogP contribution is 2.32. The summed E-state index contributed by atoms with van der Waals surface area (Å²) in [5.74, 6) is -0.654. The van der Waals surface area contributed by atoms with Gasteiger partial charge in [-0.3, -0.25) is 10.1 Å². The maximum atomic E-state index is 12.8. The van der Waals surface area contributed by atoms with Gasteiger partial charge < -0.3 is 0 Å². The molecule has 0 radical (unpaired) electrons. The van der Waals surface area contributed by atoms with Gasteiger partial charge in [0.05, 0.1) is 11.1 Å². The van der Waals surface area contributed by atoms with E-state index in [2.05, 4.69) is 10.3 Å². The number of aromatic nitrogens is 1. The highest BCUT2D eigenvalue weighted by molar-refractivity contribution is 7.15. The molecule has 0 aliphatic rings. The number of halogens is 7. The Balaban J connectivity index is 1.65. The van der Waals surface area contributed by atoms with Crippen molar-refractivity contribution in [3.8, 4) is 0 Å². The first-order valence-corrected chi connectivity index (χ1v) is 10.1. The van der Waals surface area contributed by atoms with Crippen LogP contribution in [0.15, 0.2) is 54.7 Å². The Morgan fingerprint density at radius 1 is 1.03 bits per heavy atom.